The summed E-state index contributed by atoms with van der Waals surface area (Å²) in [5, 5.41) is 4.00. The highest BCUT2D eigenvalue weighted by molar-refractivity contribution is 7.10. The molecule has 0 aliphatic carbocycles. The second-order valence-corrected chi connectivity index (χ2v) is 5.33. The quantitative estimate of drug-likeness (QED) is 0.696. The lowest BCUT2D eigenvalue weighted by Gasteiger charge is -2.06. The van der Waals surface area contributed by atoms with Gasteiger partial charge in [0.15, 0.2) is 0 Å². The normalized spacial score (nSPS) is 11.1. The van der Waals surface area contributed by atoms with Crippen LogP contribution in [0.1, 0.15) is 4.88 Å². The van der Waals surface area contributed by atoms with Crippen LogP contribution in [0.4, 0.5) is 5.69 Å². The molecule has 0 aliphatic rings. The Hall–Kier alpha value is -1.45. The lowest BCUT2D eigenvalue weighted by molar-refractivity contribution is 0.853. The zero-order valence-electron chi connectivity index (χ0n) is 9.06. The lowest BCUT2D eigenvalue weighted by Crippen LogP contribution is -1.98. The zero-order chi connectivity index (χ0) is 11.8. The Kier molecular flexibility index (Phi) is 2.57. The van der Waals surface area contributed by atoms with Gasteiger partial charge in [0.05, 0.1) is 22.8 Å². The summed E-state index contributed by atoms with van der Waals surface area (Å²) in [6.45, 7) is 0.772. The molecule has 86 valence electrons. The number of hydrogen-bond acceptors (Lipinski definition) is 2. The molecule has 4 heteroatoms. The van der Waals surface area contributed by atoms with E-state index in [0.29, 0.717) is 0 Å². The second-order valence-electron chi connectivity index (χ2n) is 3.92. The van der Waals surface area contributed by atoms with E-state index in [2.05, 4.69) is 22.9 Å². The van der Waals surface area contributed by atoms with E-state index < -0.39 is 0 Å². The molecule has 1 aromatic carbocycles. The number of nitrogens with zero attached hydrogens (tertiary/aromatic N) is 1. The minimum atomic E-state index is 0.772. The molecule has 0 saturated carbocycles. The molecule has 17 heavy (non-hydrogen) atoms. The third-order valence-corrected chi connectivity index (χ3v) is 4.20. The predicted molar refractivity (Wildman–Crippen MR) is 74.8 cm³/mol. The number of para-hydroxylation sites is 1. The Morgan fingerprint density at radius 2 is 2.12 bits per heavy atom. The van der Waals surface area contributed by atoms with Crippen LogP contribution in [0.15, 0.2) is 41.9 Å². The summed E-state index contributed by atoms with van der Waals surface area (Å²) in [7, 11) is 0. The van der Waals surface area contributed by atoms with Crippen LogP contribution in [0.5, 0.6) is 0 Å². The monoisotopic (exact) mass is 262 g/mol. The molecular weight excluding hydrogens is 252 g/mol. The molecule has 2 N–H and O–H groups in total. The van der Waals surface area contributed by atoms with E-state index in [4.69, 9.17) is 17.3 Å². The number of aromatic nitrogens is 1. The summed E-state index contributed by atoms with van der Waals surface area (Å²) in [6, 6.07) is 9.97. The highest BCUT2D eigenvalue weighted by Gasteiger charge is 2.07. The molecule has 3 aromatic rings. The molecule has 0 atom stereocenters. The standard InChI is InChI=1S/C13H11ClN2S/c14-10-5-7-17-12(10)8-16-6-4-9-2-1-3-11(15)13(9)16/h1-7H,8,15H2. The van der Waals surface area contributed by atoms with Gasteiger partial charge in [-0.1, -0.05) is 23.7 Å². The summed E-state index contributed by atoms with van der Waals surface area (Å²) < 4.78 is 2.14. The van der Waals surface area contributed by atoms with E-state index in [1.807, 2.05) is 23.6 Å². The maximum Gasteiger partial charge on any atom is 0.0717 e. The van der Waals surface area contributed by atoms with Crippen molar-refractivity contribution in [2.75, 3.05) is 5.73 Å². The number of benzene rings is 1. The number of halogens is 1. The molecule has 0 spiro atoms. The van der Waals surface area contributed by atoms with Gasteiger partial charge >= 0.3 is 0 Å². The zero-order valence-corrected chi connectivity index (χ0v) is 10.6. The Balaban J connectivity index is 2.10. The van der Waals surface area contributed by atoms with Gasteiger partial charge in [0.1, 0.15) is 0 Å². The van der Waals surface area contributed by atoms with Gasteiger partial charge in [0.2, 0.25) is 0 Å². The van der Waals surface area contributed by atoms with E-state index in [0.717, 1.165) is 33.0 Å². The molecule has 2 aromatic heterocycles. The molecule has 0 amide bonds. The van der Waals surface area contributed by atoms with Crippen molar-refractivity contribution >= 4 is 39.5 Å². The molecule has 0 aliphatic heterocycles. The first-order chi connectivity index (χ1) is 8.25. The first-order valence-electron chi connectivity index (χ1n) is 5.31. The first kappa shape index (κ1) is 10.7. The van der Waals surface area contributed by atoms with Crippen molar-refractivity contribution in [3.05, 3.63) is 51.8 Å². The van der Waals surface area contributed by atoms with Crippen LogP contribution in [0, 0.1) is 0 Å². The molecular formula is C13H11ClN2S. The van der Waals surface area contributed by atoms with Crippen LogP contribution in [-0.4, -0.2) is 4.57 Å². The number of nitrogens with two attached hydrogens (primary N) is 1. The largest absolute Gasteiger partial charge is 0.397 e. The molecule has 0 bridgehead atoms. The first-order valence-corrected chi connectivity index (χ1v) is 6.56. The maximum atomic E-state index is 6.11. The van der Waals surface area contributed by atoms with Crippen molar-refractivity contribution in [1.82, 2.24) is 4.57 Å². The number of rotatable bonds is 2. The van der Waals surface area contributed by atoms with Gasteiger partial charge in [-0.2, -0.15) is 0 Å². The molecule has 0 unspecified atom stereocenters. The Morgan fingerprint density at radius 1 is 1.24 bits per heavy atom. The third kappa shape index (κ3) is 1.81. The fourth-order valence-corrected chi connectivity index (χ4v) is 3.11. The summed E-state index contributed by atoms with van der Waals surface area (Å²) in [4.78, 5) is 1.16. The Labute approximate surface area is 108 Å². The van der Waals surface area contributed by atoms with Crippen molar-refractivity contribution < 1.29 is 0 Å². The SMILES string of the molecule is Nc1cccc2ccn(Cc3sccc3Cl)c12. The van der Waals surface area contributed by atoms with Gasteiger partial charge < -0.3 is 10.3 Å². The number of fused-ring (bicyclic) bond motifs is 1. The molecule has 0 fully saturated rings. The average molecular weight is 263 g/mol. The average Bonchev–Trinajstić information content (AvgIpc) is 2.89. The van der Waals surface area contributed by atoms with Gasteiger partial charge in [-0.3, -0.25) is 0 Å². The van der Waals surface area contributed by atoms with Crippen LogP contribution >= 0.6 is 22.9 Å². The smallest absolute Gasteiger partial charge is 0.0717 e. The number of hydrogen-bond donors (Lipinski definition) is 1. The molecule has 3 rings (SSSR count). The Morgan fingerprint density at radius 3 is 2.88 bits per heavy atom. The summed E-state index contributed by atoms with van der Waals surface area (Å²) in [5.41, 5.74) is 7.90. The molecule has 2 heterocycles. The Bertz CT molecular complexity index is 669. The summed E-state index contributed by atoms with van der Waals surface area (Å²) >= 11 is 7.78. The van der Waals surface area contributed by atoms with E-state index in [1.165, 1.54) is 0 Å². The minimum absolute atomic E-state index is 0.772. The van der Waals surface area contributed by atoms with Crippen LogP contribution in [0.2, 0.25) is 5.02 Å². The van der Waals surface area contributed by atoms with E-state index in [9.17, 15) is 0 Å². The van der Waals surface area contributed by atoms with Crippen LogP contribution in [0.25, 0.3) is 10.9 Å². The van der Waals surface area contributed by atoms with Gasteiger partial charge in [-0.05, 0) is 23.6 Å². The van der Waals surface area contributed by atoms with Crippen molar-refractivity contribution in [3.63, 3.8) is 0 Å². The number of anilines is 1. The second kappa shape index (κ2) is 4.09. The minimum Gasteiger partial charge on any atom is -0.397 e. The lowest BCUT2D eigenvalue weighted by atomic mass is 10.2. The van der Waals surface area contributed by atoms with Crippen molar-refractivity contribution in [2.24, 2.45) is 0 Å². The van der Waals surface area contributed by atoms with Crippen LogP contribution < -0.4 is 5.73 Å². The topological polar surface area (TPSA) is 30.9 Å². The molecule has 0 saturated heterocycles. The van der Waals surface area contributed by atoms with E-state index >= 15 is 0 Å². The van der Waals surface area contributed by atoms with Gasteiger partial charge in [0.25, 0.3) is 0 Å². The van der Waals surface area contributed by atoms with E-state index in [1.54, 1.807) is 11.3 Å². The van der Waals surface area contributed by atoms with Crippen LogP contribution in [0.3, 0.4) is 0 Å². The van der Waals surface area contributed by atoms with Gasteiger partial charge in [-0.25, -0.2) is 0 Å². The van der Waals surface area contributed by atoms with Crippen molar-refractivity contribution in [1.29, 1.82) is 0 Å². The maximum absolute atomic E-state index is 6.11. The summed E-state index contributed by atoms with van der Waals surface area (Å²) in [6.07, 6.45) is 2.05. The number of thiophene rings is 1. The predicted octanol–water partition coefficient (Wildman–Crippen LogP) is 3.99. The van der Waals surface area contributed by atoms with Crippen molar-refractivity contribution in [3.8, 4) is 0 Å². The highest BCUT2D eigenvalue weighted by Crippen LogP contribution is 2.27. The molecule has 2 nitrogen and oxygen atoms in total. The summed E-state index contributed by atoms with van der Waals surface area (Å²) in [5.74, 6) is 0. The van der Waals surface area contributed by atoms with E-state index in [-0.39, 0.29) is 0 Å². The fourth-order valence-electron chi connectivity index (χ4n) is 2.02. The molecule has 0 radical (unpaired) electrons. The third-order valence-electron chi connectivity index (χ3n) is 2.82. The number of nitrogen functional groups attached to an aromatic ring is 1. The van der Waals surface area contributed by atoms with Gasteiger partial charge in [-0.15, -0.1) is 11.3 Å². The van der Waals surface area contributed by atoms with Gasteiger partial charge in [0, 0.05) is 16.5 Å². The van der Waals surface area contributed by atoms with Crippen LogP contribution in [-0.2, 0) is 6.54 Å². The highest BCUT2D eigenvalue weighted by atomic mass is 35.5. The fraction of sp³-hybridized carbons (Fsp3) is 0.0769. The van der Waals surface area contributed by atoms with Crippen molar-refractivity contribution in [2.45, 2.75) is 6.54 Å².